The number of fused-ring (bicyclic) bond motifs is 1. The van der Waals surface area contributed by atoms with Crippen LogP contribution in [0.3, 0.4) is 0 Å². The molecule has 28 heavy (non-hydrogen) atoms. The van der Waals surface area contributed by atoms with Crippen LogP contribution in [0.5, 0.6) is 0 Å². The second kappa shape index (κ2) is 7.69. The highest BCUT2D eigenvalue weighted by Gasteiger charge is 2.39. The molecular formula is C20H18ClFN4O2. The number of halogens is 2. The van der Waals surface area contributed by atoms with Crippen molar-refractivity contribution in [3.63, 3.8) is 0 Å². The van der Waals surface area contributed by atoms with E-state index in [0.29, 0.717) is 17.4 Å². The van der Waals surface area contributed by atoms with Crippen molar-refractivity contribution < 1.29 is 13.9 Å². The van der Waals surface area contributed by atoms with Crippen molar-refractivity contribution in [2.24, 2.45) is 0 Å². The van der Waals surface area contributed by atoms with Crippen LogP contribution < -0.4 is 4.90 Å². The zero-order valence-electron chi connectivity index (χ0n) is 15.1. The van der Waals surface area contributed by atoms with Gasteiger partial charge in [0.15, 0.2) is 0 Å². The minimum absolute atomic E-state index is 0.0713. The number of rotatable bonds is 4. The first-order valence-electron chi connectivity index (χ1n) is 8.80. The molecule has 1 amide bonds. The molecule has 8 heteroatoms. The number of carbonyl (C=O) groups is 1. The van der Waals surface area contributed by atoms with Crippen molar-refractivity contribution in [3.05, 3.63) is 76.8 Å². The van der Waals surface area contributed by atoms with Gasteiger partial charge in [-0.1, -0.05) is 35.9 Å². The highest BCUT2D eigenvalue weighted by atomic mass is 35.5. The van der Waals surface area contributed by atoms with E-state index in [2.05, 4.69) is 10.1 Å². The first-order valence-corrected chi connectivity index (χ1v) is 9.17. The number of aromatic nitrogens is 3. The monoisotopic (exact) mass is 400 g/mol. The third kappa shape index (κ3) is 3.39. The molecule has 0 aliphatic carbocycles. The van der Waals surface area contributed by atoms with Crippen LogP contribution in [-0.4, -0.2) is 34.4 Å². The summed E-state index contributed by atoms with van der Waals surface area (Å²) in [5, 5.41) is 4.95. The number of hydrogen-bond acceptors (Lipinski definition) is 4. The molecule has 1 aliphatic rings. The van der Waals surface area contributed by atoms with Crippen molar-refractivity contribution in [3.8, 4) is 0 Å². The molecule has 0 bridgehead atoms. The van der Waals surface area contributed by atoms with Crippen LogP contribution in [0.1, 0.15) is 29.6 Å². The molecule has 0 saturated carbocycles. The van der Waals surface area contributed by atoms with Gasteiger partial charge in [0.1, 0.15) is 18.8 Å². The number of amides is 1. The van der Waals surface area contributed by atoms with Crippen LogP contribution in [0, 0.1) is 5.82 Å². The first kappa shape index (κ1) is 18.6. The Balaban J connectivity index is 1.81. The predicted octanol–water partition coefficient (Wildman–Crippen LogP) is 3.78. The minimum atomic E-state index is -0.301. The van der Waals surface area contributed by atoms with Gasteiger partial charge in [-0.2, -0.15) is 10.1 Å². The van der Waals surface area contributed by atoms with Gasteiger partial charge < -0.3 is 4.74 Å². The third-order valence-electron chi connectivity index (χ3n) is 4.87. The zero-order valence-corrected chi connectivity index (χ0v) is 15.9. The number of benzene rings is 2. The molecule has 1 aliphatic heterocycles. The van der Waals surface area contributed by atoms with Crippen LogP contribution in [0.25, 0.3) is 0 Å². The van der Waals surface area contributed by atoms with Crippen molar-refractivity contribution >= 4 is 23.5 Å². The molecule has 0 radical (unpaired) electrons. The van der Waals surface area contributed by atoms with Gasteiger partial charge in [0.2, 0.25) is 5.95 Å². The fourth-order valence-corrected chi connectivity index (χ4v) is 3.73. The lowest BCUT2D eigenvalue weighted by Crippen LogP contribution is -2.44. The minimum Gasteiger partial charge on any atom is -0.375 e. The van der Waals surface area contributed by atoms with Gasteiger partial charge in [-0.05, 0) is 41.8 Å². The Kier molecular flexibility index (Phi) is 5.11. The van der Waals surface area contributed by atoms with E-state index in [4.69, 9.17) is 16.3 Å². The van der Waals surface area contributed by atoms with Gasteiger partial charge in [-0.25, -0.2) is 9.07 Å². The van der Waals surface area contributed by atoms with Gasteiger partial charge in [0.05, 0.1) is 12.1 Å². The number of anilines is 1. The van der Waals surface area contributed by atoms with Crippen molar-refractivity contribution in [2.45, 2.75) is 18.5 Å². The van der Waals surface area contributed by atoms with E-state index < -0.39 is 0 Å². The fourth-order valence-electron chi connectivity index (χ4n) is 3.60. The number of carbonyl (C=O) groups excluding carboxylic acids is 1. The highest BCUT2D eigenvalue weighted by Crippen LogP contribution is 2.41. The molecule has 0 spiro atoms. The SMILES string of the molecule is COCC(=O)N1c2ncnn2[C@@H](c2ccc(F)cc2)C[C@@H]1c1ccc(Cl)cc1. The Morgan fingerprint density at radius 1 is 1.14 bits per heavy atom. The van der Waals surface area contributed by atoms with E-state index in [-0.39, 0.29) is 30.4 Å². The lowest BCUT2D eigenvalue weighted by Gasteiger charge is -2.39. The average Bonchev–Trinajstić information content (AvgIpc) is 3.18. The molecule has 2 heterocycles. The van der Waals surface area contributed by atoms with Crippen LogP contribution in [-0.2, 0) is 9.53 Å². The first-order chi connectivity index (χ1) is 13.6. The molecule has 2 aromatic carbocycles. The van der Waals surface area contributed by atoms with E-state index in [1.807, 2.05) is 12.1 Å². The molecule has 0 saturated heterocycles. The highest BCUT2D eigenvalue weighted by molar-refractivity contribution is 6.30. The van der Waals surface area contributed by atoms with E-state index in [1.165, 1.54) is 25.6 Å². The molecule has 6 nitrogen and oxygen atoms in total. The van der Waals surface area contributed by atoms with Crippen molar-refractivity contribution in [1.82, 2.24) is 14.8 Å². The predicted molar refractivity (Wildman–Crippen MR) is 103 cm³/mol. The number of nitrogens with zero attached hydrogens (tertiary/aromatic N) is 4. The van der Waals surface area contributed by atoms with E-state index in [0.717, 1.165) is 11.1 Å². The Morgan fingerprint density at radius 3 is 2.46 bits per heavy atom. The third-order valence-corrected chi connectivity index (χ3v) is 5.12. The van der Waals surface area contributed by atoms with Crippen LogP contribution in [0.2, 0.25) is 5.02 Å². The van der Waals surface area contributed by atoms with Gasteiger partial charge in [0, 0.05) is 12.1 Å². The maximum Gasteiger partial charge on any atom is 0.255 e. The average molecular weight is 401 g/mol. The normalized spacial score (nSPS) is 18.8. The second-order valence-electron chi connectivity index (χ2n) is 6.57. The quantitative estimate of drug-likeness (QED) is 0.668. The number of hydrogen-bond donors (Lipinski definition) is 0. The summed E-state index contributed by atoms with van der Waals surface area (Å²) in [5.74, 6) is -0.0821. The lowest BCUT2D eigenvalue weighted by atomic mass is 9.92. The summed E-state index contributed by atoms with van der Waals surface area (Å²) in [5.41, 5.74) is 1.82. The summed E-state index contributed by atoms with van der Waals surface area (Å²) in [6.07, 6.45) is 1.97. The maximum absolute atomic E-state index is 13.4. The Labute approximate surface area is 166 Å². The van der Waals surface area contributed by atoms with E-state index in [1.54, 1.807) is 33.8 Å². The summed E-state index contributed by atoms with van der Waals surface area (Å²) in [4.78, 5) is 18.8. The Hall–Kier alpha value is -2.77. The van der Waals surface area contributed by atoms with Gasteiger partial charge in [-0.15, -0.1) is 0 Å². The molecule has 4 rings (SSSR count). The molecule has 0 fully saturated rings. The molecule has 0 unspecified atom stereocenters. The Morgan fingerprint density at radius 2 is 1.79 bits per heavy atom. The van der Waals surface area contributed by atoms with E-state index >= 15 is 0 Å². The van der Waals surface area contributed by atoms with Crippen LogP contribution in [0.15, 0.2) is 54.9 Å². The van der Waals surface area contributed by atoms with Crippen LogP contribution in [0.4, 0.5) is 10.3 Å². The van der Waals surface area contributed by atoms with Crippen LogP contribution >= 0.6 is 11.6 Å². The molecule has 2 atom stereocenters. The van der Waals surface area contributed by atoms with E-state index in [9.17, 15) is 9.18 Å². The molecule has 144 valence electrons. The zero-order chi connectivity index (χ0) is 19.7. The van der Waals surface area contributed by atoms with Gasteiger partial charge in [0.25, 0.3) is 5.91 Å². The largest absolute Gasteiger partial charge is 0.375 e. The molecule has 1 aromatic heterocycles. The summed E-state index contributed by atoms with van der Waals surface area (Å²) in [6.45, 7) is -0.0713. The summed E-state index contributed by atoms with van der Waals surface area (Å²) >= 11 is 6.04. The molecule has 3 aromatic rings. The number of methoxy groups -OCH3 is 1. The van der Waals surface area contributed by atoms with Crippen molar-refractivity contribution in [1.29, 1.82) is 0 Å². The van der Waals surface area contributed by atoms with Crippen molar-refractivity contribution in [2.75, 3.05) is 18.6 Å². The fraction of sp³-hybridized carbons (Fsp3) is 0.250. The van der Waals surface area contributed by atoms with Gasteiger partial charge >= 0.3 is 0 Å². The van der Waals surface area contributed by atoms with Gasteiger partial charge in [-0.3, -0.25) is 9.69 Å². The standard InChI is InChI=1S/C20H18ClFN4O2/c1-28-11-19(27)25-17(13-2-6-15(21)7-3-13)10-18(26-20(25)23-12-24-26)14-4-8-16(22)9-5-14/h2-9,12,17-18H,10-11H2,1H3/t17-,18-/m1/s1. The topological polar surface area (TPSA) is 60.2 Å². The summed E-state index contributed by atoms with van der Waals surface area (Å²) < 4.78 is 20.2. The second-order valence-corrected chi connectivity index (χ2v) is 7.01. The molecule has 0 N–H and O–H groups in total. The summed E-state index contributed by atoms with van der Waals surface area (Å²) in [6, 6.07) is 13.2. The summed E-state index contributed by atoms with van der Waals surface area (Å²) in [7, 11) is 1.48. The smallest absolute Gasteiger partial charge is 0.255 e. The maximum atomic E-state index is 13.4. The number of ether oxygens (including phenoxy) is 1. The molecular weight excluding hydrogens is 383 g/mol. The Bertz CT molecular complexity index is 975. The lowest BCUT2D eigenvalue weighted by molar-refractivity contribution is -0.123.